The van der Waals surface area contributed by atoms with Gasteiger partial charge in [-0.05, 0) is 78.9 Å². The van der Waals surface area contributed by atoms with Gasteiger partial charge in [-0.15, -0.1) is 0 Å². The Bertz CT molecular complexity index is 2410. The number of nitrogens with zero attached hydrogens (tertiary/aromatic N) is 9. The predicted octanol–water partition coefficient (Wildman–Crippen LogP) is 4.88. The van der Waals surface area contributed by atoms with Crippen molar-refractivity contribution in [2.45, 2.75) is 37.4 Å². The molecular formula is C50H52N12O4. The number of amides is 3. The highest BCUT2D eigenvalue weighted by Crippen LogP contribution is 2.21. The number of carbonyl (C=O) groups excluding carboxylic acids is 3. The van der Waals surface area contributed by atoms with Gasteiger partial charge in [0.2, 0.25) is 0 Å². The van der Waals surface area contributed by atoms with Gasteiger partial charge >= 0.3 is 0 Å². The number of carbonyl (C=O) groups is 3. The number of rotatable bonds is 9. The van der Waals surface area contributed by atoms with Gasteiger partial charge in [0.1, 0.15) is 11.4 Å². The normalized spacial score (nSPS) is 18.5. The number of hydrogen-bond donors (Lipinski definition) is 3. The van der Waals surface area contributed by atoms with E-state index in [2.05, 4.69) is 49.4 Å². The fourth-order valence-electron chi connectivity index (χ4n) is 8.04. The zero-order valence-electron chi connectivity index (χ0n) is 36.6. The van der Waals surface area contributed by atoms with E-state index in [4.69, 9.17) is 20.5 Å². The molecule has 3 amide bonds. The Hall–Kier alpha value is -8.00. The summed E-state index contributed by atoms with van der Waals surface area (Å²) >= 11 is 0. The number of nitriles is 3. The molecule has 4 aliphatic heterocycles. The molecule has 336 valence electrons. The van der Waals surface area contributed by atoms with Crippen molar-refractivity contribution >= 4 is 23.4 Å². The summed E-state index contributed by atoms with van der Waals surface area (Å²) in [6.45, 7) is 7.12. The molecule has 3 N–H and O–H groups in total. The van der Waals surface area contributed by atoms with Crippen molar-refractivity contribution in [3.8, 4) is 41.0 Å². The first-order valence-electron chi connectivity index (χ1n) is 22.1. The maximum Gasteiger partial charge on any atom is 0.270 e. The first kappa shape index (κ1) is 46.0. The van der Waals surface area contributed by atoms with Crippen molar-refractivity contribution in [2.75, 3.05) is 70.5 Å². The van der Waals surface area contributed by atoms with E-state index in [1.807, 2.05) is 103 Å². The molecular weight excluding hydrogens is 833 g/mol. The first-order valence-corrected chi connectivity index (χ1v) is 22.1. The lowest BCUT2D eigenvalue weighted by Crippen LogP contribution is -2.37. The van der Waals surface area contributed by atoms with Crippen LogP contribution in [0.25, 0.3) is 22.4 Å². The van der Waals surface area contributed by atoms with E-state index in [0.717, 1.165) is 80.2 Å². The number of anilines is 1. The summed E-state index contributed by atoms with van der Waals surface area (Å²) in [5, 5.41) is 35.4. The molecule has 5 aromatic rings. The van der Waals surface area contributed by atoms with Gasteiger partial charge in [-0.2, -0.15) is 15.8 Å². The average Bonchev–Trinajstić information content (AvgIpc) is 4.17. The number of morpholine rings is 1. The van der Waals surface area contributed by atoms with Gasteiger partial charge in [-0.1, -0.05) is 66.7 Å². The molecule has 0 unspecified atom stereocenters. The van der Waals surface area contributed by atoms with Gasteiger partial charge in [-0.25, -0.2) is 4.98 Å². The highest BCUT2D eigenvalue weighted by Gasteiger charge is 2.26. The zero-order valence-corrected chi connectivity index (χ0v) is 36.6. The number of aromatic nitrogens is 2. The summed E-state index contributed by atoms with van der Waals surface area (Å²) < 4.78 is 5.34. The Morgan fingerprint density at radius 2 is 1.06 bits per heavy atom. The van der Waals surface area contributed by atoms with Crippen molar-refractivity contribution in [3.05, 3.63) is 138 Å². The third-order valence-electron chi connectivity index (χ3n) is 11.7. The minimum atomic E-state index is -0.192. The third-order valence-corrected chi connectivity index (χ3v) is 11.7. The lowest BCUT2D eigenvalue weighted by molar-refractivity contribution is 0.0925. The molecule has 16 nitrogen and oxygen atoms in total. The minimum absolute atomic E-state index is 0.00864. The van der Waals surface area contributed by atoms with Gasteiger partial charge in [0.05, 0.1) is 18.9 Å². The third kappa shape index (κ3) is 12.8. The topological polar surface area (TPSA) is 207 Å². The van der Waals surface area contributed by atoms with Crippen LogP contribution in [-0.4, -0.2) is 126 Å². The maximum absolute atomic E-state index is 12.3. The van der Waals surface area contributed by atoms with E-state index in [1.165, 1.54) is 0 Å². The molecule has 0 spiro atoms. The van der Waals surface area contributed by atoms with Crippen LogP contribution in [-0.2, 0) is 4.74 Å². The van der Waals surface area contributed by atoms with E-state index in [0.29, 0.717) is 49.7 Å². The maximum atomic E-state index is 12.3. The summed E-state index contributed by atoms with van der Waals surface area (Å²) in [4.78, 5) is 52.7. The van der Waals surface area contributed by atoms with Gasteiger partial charge in [0, 0.05) is 93.5 Å². The molecule has 4 aliphatic rings. The van der Waals surface area contributed by atoms with Crippen LogP contribution >= 0.6 is 0 Å². The van der Waals surface area contributed by atoms with Crippen LogP contribution in [0.15, 0.2) is 121 Å². The Labute approximate surface area is 385 Å². The minimum Gasteiger partial charge on any atom is -0.378 e. The van der Waals surface area contributed by atoms with Gasteiger partial charge in [0.15, 0.2) is 18.6 Å². The van der Waals surface area contributed by atoms with Crippen LogP contribution in [0, 0.1) is 34.4 Å². The Morgan fingerprint density at radius 1 is 0.545 bits per heavy atom. The zero-order chi connectivity index (χ0) is 46.1. The van der Waals surface area contributed by atoms with Crippen molar-refractivity contribution in [3.63, 3.8) is 0 Å². The first-order chi connectivity index (χ1) is 32.3. The summed E-state index contributed by atoms with van der Waals surface area (Å²) in [5.74, 6) is -0.455. The summed E-state index contributed by atoms with van der Waals surface area (Å²) in [6, 6.07) is 36.5. The molecule has 0 aliphatic carbocycles. The van der Waals surface area contributed by atoms with Gasteiger partial charge in [-0.3, -0.25) is 19.4 Å². The molecule has 3 atom stereocenters. The monoisotopic (exact) mass is 884 g/mol. The molecule has 0 saturated carbocycles. The van der Waals surface area contributed by atoms with E-state index in [1.54, 1.807) is 33.0 Å². The molecule has 0 bridgehead atoms. The van der Waals surface area contributed by atoms with E-state index >= 15 is 0 Å². The molecule has 0 radical (unpaired) electrons. The van der Waals surface area contributed by atoms with Gasteiger partial charge in [0.25, 0.3) is 17.7 Å². The van der Waals surface area contributed by atoms with Crippen LogP contribution in [0.5, 0.6) is 0 Å². The molecule has 4 fully saturated rings. The molecule has 66 heavy (non-hydrogen) atoms. The van der Waals surface area contributed by atoms with E-state index < -0.39 is 0 Å². The fraction of sp³-hybridized carbons (Fsp3) is 0.320. The second kappa shape index (κ2) is 23.1. The number of hydrogen-bond acceptors (Lipinski definition) is 13. The van der Waals surface area contributed by atoms with Crippen molar-refractivity contribution in [1.82, 2.24) is 40.6 Å². The molecule has 3 aromatic carbocycles. The Kier molecular flexibility index (Phi) is 16.1. The lowest BCUT2D eigenvalue weighted by atomic mass is 10.1. The van der Waals surface area contributed by atoms with Crippen LogP contribution in [0.2, 0.25) is 0 Å². The van der Waals surface area contributed by atoms with E-state index in [-0.39, 0.29) is 35.8 Å². The van der Waals surface area contributed by atoms with Crippen molar-refractivity contribution < 1.29 is 19.1 Å². The molecule has 9 rings (SSSR count). The Balaban J connectivity index is 0.000000147. The standard InChI is InChI=1S/2C17H16N4O.C16H20N4O2/c18-12-21-10-9-14(11-21)19-17(22)16-8-4-7-15(20-16)13-5-2-1-3-6-13;18-12-21-9-7-15(11-21)20-17(22)16-10-14(6-8-19-16)13-4-2-1-3-5-13;17-12-19-6-5-14(11-19)18-16(21)13-1-3-15(4-2-13)20-7-9-22-10-8-20/h1-8,14H,9-11H2,(H,19,22);1-6,8,10,15H,7,9,11H2,(H,20,22);1-4,14H,5-11H2,(H,18,21)/t14-;15-;14-/m111/s1. The Morgan fingerprint density at radius 3 is 1.59 bits per heavy atom. The second-order valence-electron chi connectivity index (χ2n) is 16.2. The molecule has 2 aromatic heterocycles. The number of nitrogens with one attached hydrogen (secondary N) is 3. The summed E-state index contributed by atoms with van der Waals surface area (Å²) in [5.41, 5.74) is 6.35. The highest BCUT2D eigenvalue weighted by molar-refractivity contribution is 5.95. The van der Waals surface area contributed by atoms with Crippen LogP contribution in [0.4, 0.5) is 5.69 Å². The largest absolute Gasteiger partial charge is 0.378 e. The number of pyridine rings is 2. The number of ether oxygens (including phenoxy) is 1. The summed E-state index contributed by atoms with van der Waals surface area (Å²) in [6.07, 6.45) is 10.4. The number of likely N-dealkylation sites (tertiary alicyclic amines) is 3. The smallest absolute Gasteiger partial charge is 0.270 e. The van der Waals surface area contributed by atoms with Gasteiger partial charge < -0.3 is 40.3 Å². The van der Waals surface area contributed by atoms with Crippen molar-refractivity contribution in [2.24, 2.45) is 0 Å². The SMILES string of the molecule is N#CN1CC[C@@H](NC(=O)c2cc(-c3ccccc3)ccn2)C1.N#CN1CC[C@@H](NC(=O)c2ccc(N3CCOCC3)cc2)C1.N#CN1CC[C@@H](NC(=O)c2cccc(-c3ccccc3)n2)C1. The lowest BCUT2D eigenvalue weighted by Gasteiger charge is -2.28. The summed E-state index contributed by atoms with van der Waals surface area (Å²) in [7, 11) is 0. The molecule has 6 heterocycles. The fourth-order valence-corrected chi connectivity index (χ4v) is 8.04. The quantitative estimate of drug-likeness (QED) is 0.169. The highest BCUT2D eigenvalue weighted by atomic mass is 16.5. The average molecular weight is 885 g/mol. The second-order valence-corrected chi connectivity index (χ2v) is 16.2. The van der Waals surface area contributed by atoms with Crippen LogP contribution < -0.4 is 20.9 Å². The molecule has 4 saturated heterocycles. The van der Waals surface area contributed by atoms with Crippen LogP contribution in [0.3, 0.4) is 0 Å². The van der Waals surface area contributed by atoms with Crippen molar-refractivity contribution in [1.29, 1.82) is 15.8 Å². The van der Waals surface area contributed by atoms with E-state index in [9.17, 15) is 14.4 Å². The van der Waals surface area contributed by atoms with Crippen LogP contribution in [0.1, 0.15) is 50.6 Å². The predicted molar refractivity (Wildman–Crippen MR) is 248 cm³/mol. The molecule has 16 heteroatoms. The number of benzene rings is 3.